The quantitative estimate of drug-likeness (QED) is 0.802. The highest BCUT2D eigenvalue weighted by molar-refractivity contribution is 7.99. The van der Waals surface area contributed by atoms with Crippen LogP contribution in [0.25, 0.3) is 0 Å². The SMILES string of the molecule is c1ccc2c(c1)Sc1ccccc1C2CCCC1CCNCC1. The van der Waals surface area contributed by atoms with E-state index in [1.54, 1.807) is 11.1 Å². The standard InChI is InChI=1S/C21H25NS/c1-3-10-20-18(7-1)17(19-8-2-4-11-21(19)23-20)9-5-6-16-12-14-22-15-13-16/h1-4,7-8,10-11,16-17,22H,5-6,9,12-15H2. The van der Waals surface area contributed by atoms with Crippen LogP contribution in [0.3, 0.4) is 0 Å². The minimum absolute atomic E-state index is 0.588. The molecular weight excluding hydrogens is 298 g/mol. The van der Waals surface area contributed by atoms with E-state index in [0.29, 0.717) is 5.92 Å². The third-order valence-electron chi connectivity index (χ3n) is 5.37. The molecule has 1 N–H and O–H groups in total. The molecule has 0 unspecified atom stereocenters. The third-order valence-corrected chi connectivity index (χ3v) is 6.56. The van der Waals surface area contributed by atoms with E-state index in [-0.39, 0.29) is 0 Å². The van der Waals surface area contributed by atoms with Gasteiger partial charge in [0.05, 0.1) is 0 Å². The molecule has 2 aliphatic rings. The zero-order chi connectivity index (χ0) is 15.5. The van der Waals surface area contributed by atoms with Crippen LogP contribution < -0.4 is 5.32 Å². The van der Waals surface area contributed by atoms with E-state index in [1.165, 1.54) is 55.0 Å². The monoisotopic (exact) mass is 323 g/mol. The highest BCUT2D eigenvalue weighted by atomic mass is 32.2. The lowest BCUT2D eigenvalue weighted by molar-refractivity contribution is 0.341. The molecule has 0 bridgehead atoms. The van der Waals surface area contributed by atoms with Gasteiger partial charge in [-0.05, 0) is 61.5 Å². The summed E-state index contributed by atoms with van der Waals surface area (Å²) in [6.45, 7) is 2.44. The Bertz CT molecular complexity index is 615. The number of fused-ring (bicyclic) bond motifs is 2. The fourth-order valence-corrected chi connectivity index (χ4v) is 5.29. The molecule has 2 aromatic carbocycles. The Morgan fingerprint density at radius 2 is 1.43 bits per heavy atom. The first-order valence-corrected chi connectivity index (χ1v) is 9.80. The van der Waals surface area contributed by atoms with Crippen LogP contribution in [0.1, 0.15) is 49.1 Å². The second-order valence-corrected chi connectivity index (χ2v) is 7.94. The fourth-order valence-electron chi connectivity index (χ4n) is 4.10. The van der Waals surface area contributed by atoms with Gasteiger partial charge in [-0.25, -0.2) is 0 Å². The molecule has 0 aromatic heterocycles. The van der Waals surface area contributed by atoms with Gasteiger partial charge in [-0.3, -0.25) is 0 Å². The number of rotatable bonds is 4. The Morgan fingerprint density at radius 3 is 2.09 bits per heavy atom. The lowest BCUT2D eigenvalue weighted by Gasteiger charge is -2.29. The Hall–Kier alpha value is -1.25. The Morgan fingerprint density at radius 1 is 0.826 bits per heavy atom. The van der Waals surface area contributed by atoms with E-state index in [0.717, 1.165) is 5.92 Å². The van der Waals surface area contributed by atoms with Crippen molar-refractivity contribution >= 4 is 11.8 Å². The molecule has 120 valence electrons. The molecule has 0 saturated carbocycles. The Labute approximate surface area is 143 Å². The largest absolute Gasteiger partial charge is 0.317 e. The smallest absolute Gasteiger partial charge is 0.0160 e. The normalized spacial score (nSPS) is 18.4. The Kier molecular flexibility index (Phi) is 4.72. The minimum Gasteiger partial charge on any atom is -0.317 e. The van der Waals surface area contributed by atoms with Crippen molar-refractivity contribution < 1.29 is 0 Å². The number of hydrogen-bond acceptors (Lipinski definition) is 2. The van der Waals surface area contributed by atoms with Crippen molar-refractivity contribution in [2.24, 2.45) is 5.92 Å². The lowest BCUT2D eigenvalue weighted by atomic mass is 9.84. The summed E-state index contributed by atoms with van der Waals surface area (Å²) >= 11 is 1.94. The molecule has 23 heavy (non-hydrogen) atoms. The van der Waals surface area contributed by atoms with Crippen LogP contribution in [0.15, 0.2) is 58.3 Å². The van der Waals surface area contributed by atoms with Crippen LogP contribution >= 0.6 is 11.8 Å². The lowest BCUT2D eigenvalue weighted by Crippen LogP contribution is -2.27. The van der Waals surface area contributed by atoms with E-state index in [9.17, 15) is 0 Å². The predicted molar refractivity (Wildman–Crippen MR) is 98.3 cm³/mol. The first-order valence-electron chi connectivity index (χ1n) is 8.98. The van der Waals surface area contributed by atoms with E-state index in [4.69, 9.17) is 0 Å². The maximum atomic E-state index is 3.48. The molecule has 1 saturated heterocycles. The topological polar surface area (TPSA) is 12.0 Å². The molecule has 1 nitrogen and oxygen atoms in total. The van der Waals surface area contributed by atoms with Crippen LogP contribution in [0.4, 0.5) is 0 Å². The average molecular weight is 324 g/mol. The van der Waals surface area contributed by atoms with E-state index < -0.39 is 0 Å². The first kappa shape index (κ1) is 15.3. The number of piperidine rings is 1. The summed E-state index contributed by atoms with van der Waals surface area (Å²) in [5, 5.41) is 3.48. The number of nitrogens with one attached hydrogen (secondary N) is 1. The van der Waals surface area contributed by atoms with Crippen LogP contribution in [0.5, 0.6) is 0 Å². The van der Waals surface area contributed by atoms with Gasteiger partial charge in [0.25, 0.3) is 0 Å². The first-order chi connectivity index (χ1) is 11.4. The van der Waals surface area contributed by atoms with E-state index in [1.807, 2.05) is 11.8 Å². The van der Waals surface area contributed by atoms with Crippen LogP contribution in [0, 0.1) is 5.92 Å². The average Bonchev–Trinajstić information content (AvgIpc) is 2.62. The van der Waals surface area contributed by atoms with Gasteiger partial charge >= 0.3 is 0 Å². The molecule has 0 amide bonds. The number of benzene rings is 2. The molecule has 2 heterocycles. The van der Waals surface area contributed by atoms with Gasteiger partial charge in [-0.15, -0.1) is 0 Å². The molecule has 0 aliphatic carbocycles. The molecule has 0 radical (unpaired) electrons. The zero-order valence-corrected chi connectivity index (χ0v) is 14.4. The summed E-state index contributed by atoms with van der Waals surface area (Å²) in [5.41, 5.74) is 3.09. The highest BCUT2D eigenvalue weighted by Gasteiger charge is 2.25. The van der Waals surface area contributed by atoms with Crippen molar-refractivity contribution in [2.45, 2.75) is 47.8 Å². The summed E-state index contributed by atoms with van der Waals surface area (Å²) in [7, 11) is 0. The van der Waals surface area contributed by atoms with Gasteiger partial charge in [0.15, 0.2) is 0 Å². The molecule has 1 fully saturated rings. The van der Waals surface area contributed by atoms with Crippen LogP contribution in [-0.2, 0) is 0 Å². The summed E-state index contributed by atoms with van der Waals surface area (Å²) in [4.78, 5) is 2.91. The van der Waals surface area contributed by atoms with Crippen molar-refractivity contribution in [2.75, 3.05) is 13.1 Å². The summed E-state index contributed by atoms with van der Waals surface area (Å²) in [5.74, 6) is 1.53. The summed E-state index contributed by atoms with van der Waals surface area (Å²) < 4.78 is 0. The summed E-state index contributed by atoms with van der Waals surface area (Å²) in [6, 6.07) is 18.0. The predicted octanol–water partition coefficient (Wildman–Crippen LogP) is 5.45. The zero-order valence-electron chi connectivity index (χ0n) is 13.6. The minimum atomic E-state index is 0.588. The van der Waals surface area contributed by atoms with Crippen molar-refractivity contribution in [1.29, 1.82) is 0 Å². The Balaban J connectivity index is 1.50. The molecule has 2 heteroatoms. The maximum absolute atomic E-state index is 3.48. The number of hydrogen-bond donors (Lipinski definition) is 1. The molecular formula is C21H25NS. The van der Waals surface area contributed by atoms with Gasteiger partial charge in [0.1, 0.15) is 0 Å². The van der Waals surface area contributed by atoms with E-state index >= 15 is 0 Å². The van der Waals surface area contributed by atoms with Crippen molar-refractivity contribution in [3.05, 3.63) is 59.7 Å². The van der Waals surface area contributed by atoms with Gasteiger partial charge in [-0.1, -0.05) is 61.0 Å². The molecule has 0 spiro atoms. The van der Waals surface area contributed by atoms with Gasteiger partial charge in [0, 0.05) is 15.7 Å². The molecule has 2 aromatic rings. The molecule has 2 aliphatic heterocycles. The second-order valence-electron chi connectivity index (χ2n) is 6.85. The fraction of sp³-hybridized carbons (Fsp3) is 0.429. The van der Waals surface area contributed by atoms with Gasteiger partial charge < -0.3 is 5.32 Å². The molecule has 4 rings (SSSR count). The van der Waals surface area contributed by atoms with Gasteiger partial charge in [-0.2, -0.15) is 0 Å². The summed E-state index contributed by atoms with van der Waals surface area (Å²) in [6.07, 6.45) is 6.78. The van der Waals surface area contributed by atoms with Crippen molar-refractivity contribution in [3.63, 3.8) is 0 Å². The van der Waals surface area contributed by atoms with Crippen LogP contribution in [0.2, 0.25) is 0 Å². The van der Waals surface area contributed by atoms with Gasteiger partial charge in [0.2, 0.25) is 0 Å². The third kappa shape index (κ3) is 3.34. The highest BCUT2D eigenvalue weighted by Crippen LogP contribution is 2.47. The molecule has 0 atom stereocenters. The van der Waals surface area contributed by atoms with E-state index in [2.05, 4.69) is 53.8 Å². The van der Waals surface area contributed by atoms with Crippen LogP contribution in [-0.4, -0.2) is 13.1 Å². The van der Waals surface area contributed by atoms with Crippen molar-refractivity contribution in [3.8, 4) is 0 Å². The van der Waals surface area contributed by atoms with Crippen molar-refractivity contribution in [1.82, 2.24) is 5.32 Å². The second kappa shape index (κ2) is 7.11. The maximum Gasteiger partial charge on any atom is 0.0160 e.